The van der Waals surface area contributed by atoms with E-state index in [1.165, 1.54) is 25.7 Å². The normalized spacial score (nSPS) is 54.6. The van der Waals surface area contributed by atoms with Crippen molar-refractivity contribution in [3.63, 3.8) is 0 Å². The van der Waals surface area contributed by atoms with E-state index in [4.69, 9.17) is 0 Å². The predicted molar refractivity (Wildman–Crippen MR) is 83.1 cm³/mol. The Morgan fingerprint density at radius 1 is 1.05 bits per heavy atom. The van der Waals surface area contributed by atoms with Gasteiger partial charge in [0.25, 0.3) is 0 Å². The van der Waals surface area contributed by atoms with Gasteiger partial charge < -0.3 is 5.11 Å². The Morgan fingerprint density at radius 3 is 2.59 bits per heavy atom. The lowest BCUT2D eigenvalue weighted by Gasteiger charge is -2.58. The van der Waals surface area contributed by atoms with E-state index in [0.717, 1.165) is 6.42 Å². The molecule has 4 aliphatic carbocycles. The number of carbonyl (C=O) groups excluding carboxylic acids is 2. The van der Waals surface area contributed by atoms with Crippen molar-refractivity contribution in [2.45, 2.75) is 71.3 Å². The van der Waals surface area contributed by atoms with Crippen molar-refractivity contribution in [3.05, 3.63) is 0 Å². The van der Waals surface area contributed by atoms with Crippen LogP contribution in [0.15, 0.2) is 0 Å². The highest BCUT2D eigenvalue weighted by Crippen LogP contribution is 2.64. The third-order valence-electron chi connectivity index (χ3n) is 8.07. The van der Waals surface area contributed by atoms with Crippen LogP contribution in [0.25, 0.3) is 0 Å². The topological polar surface area (TPSA) is 54.4 Å². The van der Waals surface area contributed by atoms with Gasteiger partial charge in [0.05, 0.1) is 6.10 Å². The molecule has 7 atom stereocenters. The second kappa shape index (κ2) is 4.66. The van der Waals surface area contributed by atoms with E-state index in [1.807, 2.05) is 0 Å². The molecule has 0 radical (unpaired) electrons. The van der Waals surface area contributed by atoms with E-state index in [-0.39, 0.29) is 29.0 Å². The molecule has 0 bridgehead atoms. The first-order valence-corrected chi connectivity index (χ1v) is 9.10. The number of fused-ring (bicyclic) bond motifs is 5. The van der Waals surface area contributed by atoms with Crippen molar-refractivity contribution in [3.8, 4) is 0 Å². The van der Waals surface area contributed by atoms with Gasteiger partial charge in [-0.1, -0.05) is 20.3 Å². The van der Waals surface area contributed by atoms with Gasteiger partial charge in [-0.15, -0.1) is 0 Å². The summed E-state index contributed by atoms with van der Waals surface area (Å²) in [6.45, 7) is 4.49. The molecule has 0 aromatic carbocycles. The molecule has 4 saturated carbocycles. The molecule has 122 valence electrons. The fraction of sp³-hybridized carbons (Fsp3) is 0.895. The largest absolute Gasteiger partial charge is 0.393 e. The third kappa shape index (κ3) is 1.78. The molecule has 4 fully saturated rings. The highest BCUT2D eigenvalue weighted by atomic mass is 16.3. The molecule has 0 saturated heterocycles. The van der Waals surface area contributed by atoms with Gasteiger partial charge in [0.2, 0.25) is 0 Å². The summed E-state index contributed by atoms with van der Waals surface area (Å²) in [4.78, 5) is 25.8. The number of hydrogen-bond acceptors (Lipinski definition) is 3. The van der Waals surface area contributed by atoms with Crippen molar-refractivity contribution >= 4 is 11.6 Å². The number of hydrogen-bond donors (Lipinski definition) is 1. The maximum absolute atomic E-state index is 12.9. The zero-order chi connectivity index (χ0) is 15.7. The van der Waals surface area contributed by atoms with Crippen LogP contribution in [0.3, 0.4) is 0 Å². The van der Waals surface area contributed by atoms with Crippen molar-refractivity contribution in [1.29, 1.82) is 0 Å². The van der Waals surface area contributed by atoms with Crippen molar-refractivity contribution in [2.24, 2.45) is 34.5 Å². The number of rotatable bonds is 0. The monoisotopic (exact) mass is 304 g/mol. The molecule has 0 spiro atoms. The molecule has 4 rings (SSSR count). The number of ketones is 2. The minimum atomic E-state index is -0.532. The van der Waals surface area contributed by atoms with E-state index in [9.17, 15) is 14.7 Å². The minimum absolute atomic E-state index is 0.0725. The Bertz CT molecular complexity index is 527. The lowest BCUT2D eigenvalue weighted by molar-refractivity contribution is -0.168. The summed E-state index contributed by atoms with van der Waals surface area (Å²) < 4.78 is 0. The third-order valence-corrected chi connectivity index (χ3v) is 8.07. The van der Waals surface area contributed by atoms with Crippen LogP contribution in [-0.2, 0) is 9.59 Å². The zero-order valence-electron chi connectivity index (χ0n) is 13.8. The Labute approximate surface area is 132 Å². The molecule has 3 nitrogen and oxygen atoms in total. The van der Waals surface area contributed by atoms with Crippen LogP contribution in [0, 0.1) is 34.5 Å². The Balaban J connectivity index is 1.74. The highest BCUT2D eigenvalue weighted by molar-refractivity contribution is 5.92. The molecule has 0 amide bonds. The molecule has 1 N–H and O–H groups in total. The molecular formula is C19H28O3. The molecule has 0 heterocycles. The second-order valence-electron chi connectivity index (χ2n) is 8.99. The standard InChI is InChI=1S/C19H28O3/c1-18-6-3-4-13(18)17-14(5-7-18)19(2)11(9-15(17)21)8-12(20)10-16(19)22/h11-14,17,20H,3-10H2,1-2H3/t11?,12?,13-,14+,17-,18-,19-/m0/s1. The average molecular weight is 304 g/mol. The molecular weight excluding hydrogens is 276 g/mol. The lowest BCUT2D eigenvalue weighted by Crippen LogP contribution is -2.60. The van der Waals surface area contributed by atoms with Gasteiger partial charge >= 0.3 is 0 Å². The Morgan fingerprint density at radius 2 is 1.82 bits per heavy atom. The number of aliphatic hydroxyl groups is 1. The first kappa shape index (κ1) is 14.9. The zero-order valence-corrected chi connectivity index (χ0v) is 13.8. The van der Waals surface area contributed by atoms with Crippen molar-refractivity contribution in [1.82, 2.24) is 0 Å². The quantitative estimate of drug-likeness (QED) is 0.748. The summed E-state index contributed by atoms with van der Waals surface area (Å²) in [5.41, 5.74) is -0.0288. The first-order valence-electron chi connectivity index (χ1n) is 9.10. The molecule has 22 heavy (non-hydrogen) atoms. The molecule has 3 heteroatoms. The molecule has 0 aromatic heterocycles. The van der Waals surface area contributed by atoms with Crippen LogP contribution in [0.1, 0.15) is 65.2 Å². The van der Waals surface area contributed by atoms with Gasteiger partial charge in [-0.25, -0.2) is 0 Å². The summed E-state index contributed by atoms with van der Waals surface area (Å²) in [6, 6.07) is 0. The Hall–Kier alpha value is -0.700. The molecule has 2 unspecified atom stereocenters. The minimum Gasteiger partial charge on any atom is -0.393 e. The van der Waals surface area contributed by atoms with Gasteiger partial charge in [0.1, 0.15) is 11.6 Å². The maximum Gasteiger partial charge on any atom is 0.141 e. The number of aliphatic hydroxyl groups excluding tert-OH is 1. The number of carbonyl (C=O) groups is 2. The van der Waals surface area contributed by atoms with Crippen LogP contribution in [-0.4, -0.2) is 22.8 Å². The smallest absolute Gasteiger partial charge is 0.141 e. The van der Waals surface area contributed by atoms with Crippen molar-refractivity contribution in [2.75, 3.05) is 0 Å². The fourth-order valence-corrected chi connectivity index (χ4v) is 6.75. The van der Waals surface area contributed by atoms with Gasteiger partial charge in [0.15, 0.2) is 0 Å². The summed E-state index contributed by atoms with van der Waals surface area (Å²) in [5.74, 6) is 1.53. The molecule has 4 aliphatic rings. The average Bonchev–Trinajstić information content (AvgIpc) is 2.83. The van der Waals surface area contributed by atoms with E-state index in [0.29, 0.717) is 36.4 Å². The van der Waals surface area contributed by atoms with Crippen LogP contribution < -0.4 is 0 Å². The van der Waals surface area contributed by atoms with Gasteiger partial charge in [-0.3, -0.25) is 9.59 Å². The van der Waals surface area contributed by atoms with Crippen LogP contribution >= 0.6 is 0 Å². The van der Waals surface area contributed by atoms with E-state index in [2.05, 4.69) is 13.8 Å². The van der Waals surface area contributed by atoms with E-state index < -0.39 is 6.10 Å². The van der Waals surface area contributed by atoms with Crippen molar-refractivity contribution < 1.29 is 14.7 Å². The fourth-order valence-electron chi connectivity index (χ4n) is 6.75. The lowest BCUT2D eigenvalue weighted by atomic mass is 9.44. The van der Waals surface area contributed by atoms with E-state index in [1.54, 1.807) is 0 Å². The first-order chi connectivity index (χ1) is 10.4. The summed E-state index contributed by atoms with van der Waals surface area (Å²) in [5, 5.41) is 9.97. The Kier molecular flexibility index (Phi) is 3.15. The highest BCUT2D eigenvalue weighted by Gasteiger charge is 2.63. The summed E-state index contributed by atoms with van der Waals surface area (Å²) in [6.07, 6.45) is 6.78. The number of Topliss-reactive ketones (excluding diaryl/α,β-unsaturated/α-hetero) is 2. The van der Waals surface area contributed by atoms with Crippen LogP contribution in [0.5, 0.6) is 0 Å². The molecule has 0 aromatic rings. The molecule has 0 aliphatic heterocycles. The van der Waals surface area contributed by atoms with Gasteiger partial charge in [-0.2, -0.15) is 0 Å². The second-order valence-corrected chi connectivity index (χ2v) is 8.99. The van der Waals surface area contributed by atoms with Crippen LogP contribution in [0.2, 0.25) is 0 Å². The summed E-state index contributed by atoms with van der Waals surface area (Å²) >= 11 is 0. The van der Waals surface area contributed by atoms with Crippen LogP contribution in [0.4, 0.5) is 0 Å². The van der Waals surface area contributed by atoms with Gasteiger partial charge in [0, 0.05) is 24.2 Å². The van der Waals surface area contributed by atoms with Gasteiger partial charge in [-0.05, 0) is 55.3 Å². The summed E-state index contributed by atoms with van der Waals surface area (Å²) in [7, 11) is 0. The maximum atomic E-state index is 12.9. The SMILES string of the molecule is C[C@@]12CCC[C@H]1[C@@H]1C(=O)CC3CC(O)CC(=O)[C@]3(C)[C@@H]1CC2. The van der Waals surface area contributed by atoms with E-state index >= 15 is 0 Å². The predicted octanol–water partition coefficient (Wildman–Crippen LogP) is 3.14.